The summed E-state index contributed by atoms with van der Waals surface area (Å²) in [6.45, 7) is 10.2. The Morgan fingerprint density at radius 1 is 0.923 bits per heavy atom. The number of esters is 1. The van der Waals surface area contributed by atoms with Crippen LogP contribution in [0.4, 0.5) is 16.2 Å². The third-order valence-corrected chi connectivity index (χ3v) is 10.9. The Morgan fingerprint density at radius 2 is 1.46 bits per heavy atom. The van der Waals surface area contributed by atoms with Gasteiger partial charge in [0.15, 0.2) is 14.2 Å². The minimum atomic E-state index is -1.50. The number of β-lactam (4-membered cyclic amide) rings is 1. The predicted octanol–water partition coefficient (Wildman–Crippen LogP) is 4.62. The van der Waals surface area contributed by atoms with Crippen LogP contribution in [-0.4, -0.2) is 88.7 Å². The molecule has 0 aliphatic carbocycles. The summed E-state index contributed by atoms with van der Waals surface area (Å²) in [5.41, 5.74) is 0.281. The maximum Gasteiger partial charge on any atom is 0.410 e. The Balaban J connectivity index is 1.40. The number of imide groups is 1. The van der Waals surface area contributed by atoms with Gasteiger partial charge in [0.2, 0.25) is 5.91 Å². The Morgan fingerprint density at radius 3 is 1.96 bits per heavy atom. The minimum Gasteiger partial charge on any atom is -0.454 e. The molecule has 3 amide bonds. The maximum absolute atomic E-state index is 13.7. The molecule has 16 nitrogen and oxygen atoms in total. The highest BCUT2D eigenvalue weighted by Crippen LogP contribution is 2.44. The van der Waals surface area contributed by atoms with Crippen molar-refractivity contribution in [2.45, 2.75) is 71.2 Å². The molecule has 2 saturated heterocycles. The fourth-order valence-electron chi connectivity index (χ4n) is 6.03. The van der Waals surface area contributed by atoms with Gasteiger partial charge < -0.3 is 18.8 Å². The molecular weight excluding hydrogens is 717 g/mol. The van der Waals surface area contributed by atoms with Gasteiger partial charge in [-0.05, 0) is 66.2 Å². The van der Waals surface area contributed by atoms with E-state index in [1.54, 1.807) is 0 Å². The van der Waals surface area contributed by atoms with Crippen LogP contribution in [0.5, 0.6) is 0 Å². The molecule has 52 heavy (non-hydrogen) atoms. The summed E-state index contributed by atoms with van der Waals surface area (Å²) in [4.78, 5) is 89.1. The van der Waals surface area contributed by atoms with Gasteiger partial charge in [0, 0.05) is 55.6 Å². The van der Waals surface area contributed by atoms with Crippen molar-refractivity contribution < 1.29 is 47.7 Å². The summed E-state index contributed by atoms with van der Waals surface area (Å²) < 4.78 is 16.6. The quantitative estimate of drug-likeness (QED) is 0.0684. The molecule has 2 aliphatic rings. The third kappa shape index (κ3) is 10.2. The molecule has 0 bridgehead atoms. The van der Waals surface area contributed by atoms with Crippen molar-refractivity contribution in [3.8, 4) is 0 Å². The number of hydrogen-bond donors (Lipinski definition) is 0. The number of nitro groups is 2. The summed E-state index contributed by atoms with van der Waals surface area (Å²) in [7, 11) is -1.50. The van der Waals surface area contributed by atoms with Crippen LogP contribution < -0.4 is 0 Å². The zero-order valence-electron chi connectivity index (χ0n) is 29.6. The maximum atomic E-state index is 13.7. The molecule has 2 aromatic rings. The molecule has 0 aromatic heterocycles. The number of rotatable bonds is 13. The predicted molar refractivity (Wildman–Crippen MR) is 190 cm³/mol. The van der Waals surface area contributed by atoms with E-state index in [2.05, 4.69) is 0 Å². The van der Waals surface area contributed by atoms with Gasteiger partial charge in [-0.2, -0.15) is 0 Å². The van der Waals surface area contributed by atoms with E-state index in [-0.39, 0.29) is 60.4 Å². The number of nitrogens with zero attached hydrogens (tertiary/aromatic N) is 4. The number of carbonyl (C=O) groups excluding carboxylic acids is 5. The average molecular weight is 759 g/mol. The highest BCUT2D eigenvalue weighted by atomic mass is 32.2. The molecule has 2 heterocycles. The second-order valence-corrected chi connectivity index (χ2v) is 17.8. The van der Waals surface area contributed by atoms with Crippen molar-refractivity contribution >= 4 is 61.2 Å². The zero-order valence-corrected chi connectivity index (χ0v) is 31.5. The molecule has 0 spiro atoms. The van der Waals surface area contributed by atoms with Gasteiger partial charge >= 0.3 is 18.0 Å². The molecule has 280 valence electrons. The first-order valence-electron chi connectivity index (χ1n) is 16.7. The molecule has 4 rings (SSSR count). The summed E-state index contributed by atoms with van der Waals surface area (Å²) in [6.07, 6.45) is -0.329. The topological polar surface area (TPSA) is 206 Å². The second kappa shape index (κ2) is 17.2. The van der Waals surface area contributed by atoms with Gasteiger partial charge in [0.25, 0.3) is 11.4 Å². The van der Waals surface area contributed by atoms with Crippen LogP contribution in [0.25, 0.3) is 0 Å². The first-order chi connectivity index (χ1) is 24.5. The molecule has 2 aliphatic heterocycles. The Bertz CT molecular complexity index is 1680. The summed E-state index contributed by atoms with van der Waals surface area (Å²) in [6, 6.07) is 9.94. The van der Waals surface area contributed by atoms with Gasteiger partial charge in [0.1, 0.15) is 13.2 Å². The Kier molecular flexibility index (Phi) is 13.3. The first kappa shape index (κ1) is 40.1. The molecule has 0 unspecified atom stereocenters. The number of hydrogen-bond acceptors (Lipinski definition) is 13. The number of amides is 3. The zero-order chi connectivity index (χ0) is 38.3. The van der Waals surface area contributed by atoms with Gasteiger partial charge in [-0.3, -0.25) is 39.5 Å². The Hall–Kier alpha value is -4.68. The van der Waals surface area contributed by atoms with Crippen molar-refractivity contribution in [1.29, 1.82) is 0 Å². The van der Waals surface area contributed by atoms with Crippen LogP contribution >= 0.6 is 11.8 Å². The van der Waals surface area contributed by atoms with Crippen molar-refractivity contribution in [3.63, 3.8) is 0 Å². The second-order valence-electron chi connectivity index (χ2n) is 14.0. The van der Waals surface area contributed by atoms with Gasteiger partial charge in [-0.15, -0.1) is 0 Å². The van der Waals surface area contributed by atoms with Crippen molar-refractivity contribution in [2.24, 2.45) is 17.3 Å². The molecule has 2 fully saturated rings. The lowest BCUT2D eigenvalue weighted by Crippen LogP contribution is -2.68. The standard InChI is InChI=1S/C34H42N4O12SSi/c1-34(2,3)26(20-50-52(4)5)29-27(36(30(29)40)31(41)32(42)48-18-21-6-10-23(11-7-21)37(44)45)16-28(39)51-25-14-15-35(17-25)33(43)49-19-22-8-12-24(13-9-22)38(46)47/h6-13,25-27,29,52H,14-20H2,1-5H3/t25-,26+,27+,29-/m0/s1. The van der Waals surface area contributed by atoms with Crippen molar-refractivity contribution in [1.82, 2.24) is 9.80 Å². The number of likely N-dealkylation sites (tertiary alicyclic amines) is 2. The molecule has 0 radical (unpaired) electrons. The molecule has 18 heteroatoms. The lowest BCUT2D eigenvalue weighted by molar-refractivity contribution is -0.385. The van der Waals surface area contributed by atoms with E-state index >= 15 is 0 Å². The van der Waals surface area contributed by atoms with E-state index in [0.29, 0.717) is 24.1 Å². The molecule has 0 N–H and O–H groups in total. The van der Waals surface area contributed by atoms with Gasteiger partial charge in [0.05, 0.1) is 21.8 Å². The number of ether oxygens (including phenoxy) is 2. The van der Waals surface area contributed by atoms with E-state index in [4.69, 9.17) is 13.9 Å². The number of non-ortho nitro benzene ring substituents is 2. The number of carbonyl (C=O) groups is 5. The number of benzene rings is 2. The van der Waals surface area contributed by atoms with Crippen LogP contribution in [0.2, 0.25) is 13.1 Å². The van der Waals surface area contributed by atoms with Crippen molar-refractivity contribution in [2.75, 3.05) is 19.7 Å². The molecular formula is C34H42N4O12SSi. The van der Waals surface area contributed by atoms with Gasteiger partial charge in [-0.1, -0.05) is 32.5 Å². The largest absolute Gasteiger partial charge is 0.454 e. The SMILES string of the molecule is C[SiH](C)OC[C@H]([C@@H]1C(=O)N(C(=O)C(=O)OCc2ccc([N+](=O)[O-])cc2)[C@@H]1CC(=O)S[C@H]1CCN(C(=O)OCc2ccc([N+](=O)[O-])cc2)C1)C(C)(C)C. The first-order valence-corrected chi connectivity index (χ1v) is 20.4. The Labute approximate surface area is 306 Å². The summed E-state index contributed by atoms with van der Waals surface area (Å²) >= 11 is 1.01. The molecule has 2 aromatic carbocycles. The molecule has 4 atom stereocenters. The number of thioether (sulfide) groups is 1. The van der Waals surface area contributed by atoms with Crippen LogP contribution in [0, 0.1) is 37.5 Å². The lowest BCUT2D eigenvalue weighted by atomic mass is 9.66. The smallest absolute Gasteiger partial charge is 0.410 e. The van der Waals surface area contributed by atoms with Crippen LogP contribution in [-0.2, 0) is 46.3 Å². The normalized spacial score (nSPS) is 19.2. The minimum absolute atomic E-state index is 0.0803. The number of nitro benzene ring substituents is 2. The summed E-state index contributed by atoms with van der Waals surface area (Å²) in [5, 5.41) is 21.2. The highest BCUT2D eigenvalue weighted by Gasteiger charge is 2.58. The monoisotopic (exact) mass is 758 g/mol. The lowest BCUT2D eigenvalue weighted by Gasteiger charge is -2.51. The van der Waals surface area contributed by atoms with Gasteiger partial charge in [-0.25, -0.2) is 9.59 Å². The van der Waals surface area contributed by atoms with Crippen LogP contribution in [0.1, 0.15) is 44.7 Å². The molecule has 0 saturated carbocycles. The highest BCUT2D eigenvalue weighted by molar-refractivity contribution is 8.14. The van der Waals surface area contributed by atoms with Crippen molar-refractivity contribution in [3.05, 3.63) is 79.9 Å². The summed E-state index contributed by atoms with van der Waals surface area (Å²) in [5.74, 6) is -4.26. The van der Waals surface area contributed by atoms with Crippen LogP contribution in [0.15, 0.2) is 48.5 Å². The van der Waals surface area contributed by atoms with E-state index < -0.39 is 60.1 Å². The van der Waals surface area contributed by atoms with E-state index in [9.17, 15) is 44.2 Å². The van der Waals surface area contributed by atoms with E-state index in [1.165, 1.54) is 53.4 Å². The fourth-order valence-corrected chi connectivity index (χ4v) is 7.74. The fraction of sp³-hybridized carbons (Fsp3) is 0.500. The van der Waals surface area contributed by atoms with Crippen LogP contribution in [0.3, 0.4) is 0 Å². The van der Waals surface area contributed by atoms with E-state index in [0.717, 1.165) is 16.7 Å². The average Bonchev–Trinajstić information content (AvgIpc) is 3.55. The van der Waals surface area contributed by atoms with E-state index in [1.807, 2.05) is 33.9 Å². The third-order valence-electron chi connectivity index (χ3n) is 8.92.